The lowest BCUT2D eigenvalue weighted by Crippen LogP contribution is -2.40. The number of carbonyl (C=O) groups is 1. The van der Waals surface area contributed by atoms with Gasteiger partial charge in [-0.2, -0.15) is 5.06 Å². The van der Waals surface area contributed by atoms with Gasteiger partial charge in [0.1, 0.15) is 6.04 Å². The molecule has 2 aliphatic rings. The highest BCUT2D eigenvalue weighted by atomic mass is 16.7. The number of nitrogens with zero attached hydrogens (tertiary/aromatic N) is 3. The summed E-state index contributed by atoms with van der Waals surface area (Å²) in [5.41, 5.74) is 0.799. The molecule has 2 bridgehead atoms. The number of hydrogen-bond donors (Lipinski definition) is 1. The maximum atomic E-state index is 12.3. The molecule has 0 aliphatic carbocycles. The van der Waals surface area contributed by atoms with Crippen LogP contribution in [0.25, 0.3) is 5.57 Å². The molecule has 7 nitrogen and oxygen atoms in total. The van der Waals surface area contributed by atoms with Crippen molar-refractivity contribution < 1.29 is 19.2 Å². The third-order valence-electron chi connectivity index (χ3n) is 3.45. The fourth-order valence-corrected chi connectivity index (χ4v) is 2.54. The predicted molar refractivity (Wildman–Crippen MR) is 69.2 cm³/mol. The third-order valence-corrected chi connectivity index (χ3v) is 3.45. The fourth-order valence-electron chi connectivity index (χ4n) is 2.54. The van der Waals surface area contributed by atoms with Crippen LogP contribution in [0.2, 0.25) is 0 Å². The Kier molecular flexibility index (Phi) is 3.29. The van der Waals surface area contributed by atoms with Crippen LogP contribution in [0.15, 0.2) is 35.7 Å². The average Bonchev–Trinajstić information content (AvgIpc) is 3.08. The second-order valence-electron chi connectivity index (χ2n) is 4.60. The molecular weight excluding hydrogens is 262 g/mol. The van der Waals surface area contributed by atoms with Crippen molar-refractivity contribution in [2.24, 2.45) is 0 Å². The molecular formula is C13H15N3O4. The summed E-state index contributed by atoms with van der Waals surface area (Å²) in [7, 11) is 0. The van der Waals surface area contributed by atoms with E-state index in [1.54, 1.807) is 17.2 Å². The Morgan fingerprint density at radius 1 is 1.65 bits per heavy atom. The highest BCUT2D eigenvalue weighted by molar-refractivity contribution is 5.84. The highest BCUT2D eigenvalue weighted by Gasteiger charge is 2.47. The van der Waals surface area contributed by atoms with Crippen LogP contribution in [0.1, 0.15) is 5.76 Å². The molecule has 20 heavy (non-hydrogen) atoms. The van der Waals surface area contributed by atoms with Gasteiger partial charge in [-0.1, -0.05) is 12.2 Å². The van der Waals surface area contributed by atoms with E-state index in [1.165, 1.54) is 11.5 Å². The smallest absolute Gasteiger partial charge is 0.345 e. The van der Waals surface area contributed by atoms with Crippen LogP contribution in [-0.4, -0.2) is 57.9 Å². The second-order valence-corrected chi connectivity index (χ2v) is 4.60. The fraction of sp³-hybridized carbons (Fsp3) is 0.385. The van der Waals surface area contributed by atoms with E-state index in [0.717, 1.165) is 5.57 Å². The molecule has 1 aromatic rings. The molecule has 2 amide bonds. The first-order valence-corrected chi connectivity index (χ1v) is 6.31. The van der Waals surface area contributed by atoms with E-state index in [9.17, 15) is 9.90 Å². The Bertz CT molecular complexity index is 540. The minimum atomic E-state index is -0.379. The zero-order valence-corrected chi connectivity index (χ0v) is 10.8. The summed E-state index contributed by atoms with van der Waals surface area (Å²) >= 11 is 0. The molecule has 3 heterocycles. The number of hydrogen-bond acceptors (Lipinski definition) is 5. The van der Waals surface area contributed by atoms with Gasteiger partial charge in [-0.15, -0.1) is 6.58 Å². The predicted octanol–water partition coefficient (Wildman–Crippen LogP) is 0.656. The number of rotatable bonds is 5. The number of fused-ring (bicyclic) bond motifs is 2. The lowest BCUT2D eigenvalue weighted by molar-refractivity contribution is -0.106. The molecule has 1 fully saturated rings. The summed E-state index contributed by atoms with van der Waals surface area (Å²) in [6, 6.07) is -0.906. The maximum absolute atomic E-state index is 12.3. The van der Waals surface area contributed by atoms with Crippen LogP contribution >= 0.6 is 0 Å². The quantitative estimate of drug-likeness (QED) is 0.800. The molecule has 0 saturated carbocycles. The summed E-state index contributed by atoms with van der Waals surface area (Å²) in [5.74, 6) is 0.579. The number of aliphatic hydroxyl groups is 1. The SMILES string of the molecule is C=CCON1C(=O)N2C[C@@H]1C(c1cnco1)=C[C@@H]2CO. The Morgan fingerprint density at radius 3 is 3.15 bits per heavy atom. The van der Waals surface area contributed by atoms with Crippen molar-refractivity contribution in [3.05, 3.63) is 37.1 Å². The molecule has 0 spiro atoms. The maximum Gasteiger partial charge on any atom is 0.345 e. The molecule has 2 aliphatic heterocycles. The Labute approximate surface area is 115 Å². The van der Waals surface area contributed by atoms with Crippen molar-refractivity contribution in [2.45, 2.75) is 12.1 Å². The largest absolute Gasteiger partial charge is 0.444 e. The van der Waals surface area contributed by atoms with Crippen molar-refractivity contribution in [1.29, 1.82) is 0 Å². The van der Waals surface area contributed by atoms with Crippen molar-refractivity contribution in [1.82, 2.24) is 14.9 Å². The summed E-state index contributed by atoms with van der Waals surface area (Å²) in [6.07, 6.45) is 6.32. The number of oxazole rings is 1. The van der Waals surface area contributed by atoms with E-state index in [-0.39, 0.29) is 31.3 Å². The van der Waals surface area contributed by atoms with Gasteiger partial charge in [0.25, 0.3) is 0 Å². The van der Waals surface area contributed by atoms with Crippen LogP contribution in [0.5, 0.6) is 0 Å². The van der Waals surface area contributed by atoms with Crippen molar-refractivity contribution in [3.63, 3.8) is 0 Å². The summed E-state index contributed by atoms with van der Waals surface area (Å²) in [6.45, 7) is 4.12. The van der Waals surface area contributed by atoms with Crippen LogP contribution in [0.4, 0.5) is 4.79 Å². The van der Waals surface area contributed by atoms with Crippen LogP contribution < -0.4 is 0 Å². The summed E-state index contributed by atoms with van der Waals surface area (Å²) in [4.78, 5) is 23.2. The Balaban J connectivity index is 1.95. The number of hydroxylamine groups is 2. The molecule has 0 aromatic carbocycles. The molecule has 2 atom stereocenters. The Morgan fingerprint density at radius 2 is 2.50 bits per heavy atom. The van der Waals surface area contributed by atoms with Crippen LogP contribution in [0.3, 0.4) is 0 Å². The zero-order valence-electron chi connectivity index (χ0n) is 10.8. The third kappa shape index (κ3) is 1.91. The first-order valence-electron chi connectivity index (χ1n) is 6.31. The van der Waals surface area contributed by atoms with Gasteiger partial charge < -0.3 is 14.4 Å². The lowest BCUT2D eigenvalue weighted by atomic mass is 9.98. The standard InChI is InChI=1S/C13H15N3O4/c1-2-3-20-16-11-6-15(13(16)18)9(7-17)4-10(11)12-5-14-8-19-12/h2,4-5,8-9,11,17H,1,3,6-7H2/t9-,11-/m1/s1. The minimum absolute atomic E-state index is 0.147. The van der Waals surface area contributed by atoms with Crippen molar-refractivity contribution in [3.8, 4) is 0 Å². The lowest BCUT2D eigenvalue weighted by Gasteiger charge is -2.27. The van der Waals surface area contributed by atoms with E-state index in [4.69, 9.17) is 9.25 Å². The molecule has 1 N–H and O–H groups in total. The van der Waals surface area contributed by atoms with E-state index in [2.05, 4.69) is 11.6 Å². The van der Waals surface area contributed by atoms with Gasteiger partial charge >= 0.3 is 6.03 Å². The molecule has 1 saturated heterocycles. The molecule has 3 rings (SSSR count). The van der Waals surface area contributed by atoms with Gasteiger partial charge in [-0.05, 0) is 0 Å². The van der Waals surface area contributed by atoms with Gasteiger partial charge in [0.2, 0.25) is 0 Å². The molecule has 106 valence electrons. The second kappa shape index (κ2) is 5.10. The molecule has 1 aromatic heterocycles. The minimum Gasteiger partial charge on any atom is -0.444 e. The zero-order chi connectivity index (χ0) is 14.1. The Hall–Kier alpha value is -2.12. The van der Waals surface area contributed by atoms with E-state index in [1.807, 2.05) is 6.08 Å². The monoisotopic (exact) mass is 277 g/mol. The van der Waals surface area contributed by atoms with Gasteiger partial charge in [0, 0.05) is 5.57 Å². The van der Waals surface area contributed by atoms with Crippen molar-refractivity contribution >= 4 is 11.6 Å². The van der Waals surface area contributed by atoms with Gasteiger partial charge in [0.15, 0.2) is 12.2 Å². The normalized spacial score (nSPS) is 25.1. The van der Waals surface area contributed by atoms with E-state index < -0.39 is 0 Å². The van der Waals surface area contributed by atoms with E-state index in [0.29, 0.717) is 12.3 Å². The van der Waals surface area contributed by atoms with E-state index >= 15 is 0 Å². The average molecular weight is 277 g/mol. The molecule has 0 unspecified atom stereocenters. The number of amides is 2. The van der Waals surface area contributed by atoms with Gasteiger partial charge in [-0.3, -0.25) is 4.84 Å². The highest BCUT2D eigenvalue weighted by Crippen LogP contribution is 2.35. The molecule has 7 heteroatoms. The number of aromatic nitrogens is 1. The first kappa shape index (κ1) is 12.9. The summed E-state index contributed by atoms with van der Waals surface area (Å²) < 4.78 is 5.31. The number of carbonyl (C=O) groups excluding carboxylic acids is 1. The first-order chi connectivity index (χ1) is 9.76. The van der Waals surface area contributed by atoms with Crippen molar-refractivity contribution in [2.75, 3.05) is 19.8 Å². The van der Waals surface area contributed by atoms with Gasteiger partial charge in [-0.25, -0.2) is 9.78 Å². The van der Waals surface area contributed by atoms with Crippen LogP contribution in [0, 0.1) is 0 Å². The number of urea groups is 1. The van der Waals surface area contributed by atoms with Crippen LogP contribution in [-0.2, 0) is 4.84 Å². The molecule has 0 radical (unpaired) electrons. The summed E-state index contributed by atoms with van der Waals surface area (Å²) in [5, 5.41) is 10.8. The topological polar surface area (TPSA) is 79.0 Å². The number of aliphatic hydroxyl groups excluding tert-OH is 1. The van der Waals surface area contributed by atoms with Gasteiger partial charge in [0.05, 0.1) is 32.0 Å².